The first kappa shape index (κ1) is 14.4. The molecule has 3 rings (SSSR count). The average Bonchev–Trinajstić information content (AvgIpc) is 2.96. The third-order valence-electron chi connectivity index (χ3n) is 3.19. The van der Waals surface area contributed by atoms with E-state index in [2.05, 4.69) is 5.10 Å². The second kappa shape index (κ2) is 6.07. The maximum atomic E-state index is 11.8. The van der Waals surface area contributed by atoms with Gasteiger partial charge in [0.1, 0.15) is 23.4 Å². The molecule has 0 bridgehead atoms. The molecular formula is C16H13ClN2O3. The Labute approximate surface area is 132 Å². The minimum absolute atomic E-state index is 0.335. The number of carbonyl (C=O) groups excluding carboxylic acids is 1. The second-order valence-electron chi connectivity index (χ2n) is 4.64. The summed E-state index contributed by atoms with van der Waals surface area (Å²) in [7, 11) is 1.33. The lowest BCUT2D eigenvalue weighted by molar-refractivity contribution is 0.0602. The zero-order chi connectivity index (χ0) is 15.5. The quantitative estimate of drug-likeness (QED) is 0.693. The number of pyridine rings is 1. The predicted octanol–water partition coefficient (Wildman–Crippen LogP) is 3.35. The van der Waals surface area contributed by atoms with Crippen LogP contribution in [0.15, 0.2) is 48.8 Å². The molecule has 1 aromatic carbocycles. The van der Waals surface area contributed by atoms with Crippen LogP contribution in [0.25, 0.3) is 5.52 Å². The summed E-state index contributed by atoms with van der Waals surface area (Å²) >= 11 is 6.07. The van der Waals surface area contributed by atoms with E-state index < -0.39 is 5.97 Å². The van der Waals surface area contributed by atoms with Crippen LogP contribution in [0.5, 0.6) is 5.75 Å². The Balaban J connectivity index is 2.00. The molecule has 0 saturated heterocycles. The molecular weight excluding hydrogens is 304 g/mol. The van der Waals surface area contributed by atoms with Crippen LogP contribution in [0.3, 0.4) is 0 Å². The molecule has 5 nitrogen and oxygen atoms in total. The zero-order valence-corrected chi connectivity index (χ0v) is 12.6. The van der Waals surface area contributed by atoms with Gasteiger partial charge in [-0.3, -0.25) is 0 Å². The Kier molecular flexibility index (Phi) is 3.98. The number of hydrogen-bond acceptors (Lipinski definition) is 4. The fraction of sp³-hybridized carbons (Fsp3) is 0.125. The first-order valence-corrected chi connectivity index (χ1v) is 6.99. The van der Waals surface area contributed by atoms with E-state index in [9.17, 15) is 4.79 Å². The van der Waals surface area contributed by atoms with Gasteiger partial charge in [-0.1, -0.05) is 41.9 Å². The number of benzene rings is 1. The molecule has 22 heavy (non-hydrogen) atoms. The van der Waals surface area contributed by atoms with E-state index >= 15 is 0 Å². The minimum atomic E-state index is -0.470. The van der Waals surface area contributed by atoms with Crippen LogP contribution in [-0.2, 0) is 11.3 Å². The number of halogens is 1. The van der Waals surface area contributed by atoms with Crippen molar-refractivity contribution in [2.45, 2.75) is 6.61 Å². The summed E-state index contributed by atoms with van der Waals surface area (Å²) in [5, 5.41) is 4.58. The molecule has 0 atom stereocenters. The first-order chi connectivity index (χ1) is 10.7. The molecule has 2 heterocycles. The van der Waals surface area contributed by atoms with Crippen LogP contribution in [0.1, 0.15) is 15.9 Å². The molecule has 0 aliphatic heterocycles. The van der Waals surface area contributed by atoms with Gasteiger partial charge in [-0.25, -0.2) is 9.31 Å². The van der Waals surface area contributed by atoms with Crippen molar-refractivity contribution < 1.29 is 14.3 Å². The summed E-state index contributed by atoms with van der Waals surface area (Å²) in [6.07, 6.45) is 3.05. The minimum Gasteiger partial charge on any atom is -0.487 e. The molecule has 0 amide bonds. The number of carbonyl (C=O) groups is 1. The largest absolute Gasteiger partial charge is 0.487 e. The van der Waals surface area contributed by atoms with Crippen LogP contribution in [0.4, 0.5) is 0 Å². The van der Waals surface area contributed by atoms with E-state index in [0.717, 1.165) is 5.56 Å². The highest BCUT2D eigenvalue weighted by atomic mass is 35.5. The van der Waals surface area contributed by atoms with Gasteiger partial charge in [-0.15, -0.1) is 0 Å². The highest BCUT2D eigenvalue weighted by Gasteiger charge is 2.18. The van der Waals surface area contributed by atoms with Crippen LogP contribution in [-0.4, -0.2) is 22.7 Å². The summed E-state index contributed by atoms with van der Waals surface area (Å²) in [6.45, 7) is 0.364. The Morgan fingerprint density at radius 2 is 2.09 bits per heavy atom. The summed E-state index contributed by atoms with van der Waals surface area (Å²) in [6, 6.07) is 11.4. The summed E-state index contributed by atoms with van der Waals surface area (Å²) < 4.78 is 12.1. The molecule has 0 spiro atoms. The summed E-state index contributed by atoms with van der Waals surface area (Å²) in [5.41, 5.74) is 1.88. The number of rotatable bonds is 4. The number of esters is 1. The molecule has 2 aromatic heterocycles. The van der Waals surface area contributed by atoms with E-state index in [4.69, 9.17) is 21.1 Å². The SMILES string of the molecule is COC(=O)c1cnn2cc(Cl)cc(OCc3ccccc3)c12. The highest BCUT2D eigenvalue weighted by Crippen LogP contribution is 2.28. The van der Waals surface area contributed by atoms with Crippen molar-refractivity contribution in [3.05, 3.63) is 64.9 Å². The van der Waals surface area contributed by atoms with Crippen molar-refractivity contribution in [2.24, 2.45) is 0 Å². The summed E-state index contributed by atoms with van der Waals surface area (Å²) in [4.78, 5) is 11.8. The molecule has 0 fully saturated rings. The van der Waals surface area contributed by atoms with Gasteiger partial charge in [-0.2, -0.15) is 5.10 Å². The van der Waals surface area contributed by atoms with E-state index in [1.807, 2.05) is 30.3 Å². The fourth-order valence-electron chi connectivity index (χ4n) is 2.16. The van der Waals surface area contributed by atoms with E-state index in [1.165, 1.54) is 17.8 Å². The van der Waals surface area contributed by atoms with Crippen molar-refractivity contribution >= 4 is 23.1 Å². The van der Waals surface area contributed by atoms with Gasteiger partial charge in [0, 0.05) is 12.3 Å². The Morgan fingerprint density at radius 3 is 2.82 bits per heavy atom. The lowest BCUT2D eigenvalue weighted by atomic mass is 10.2. The van der Waals surface area contributed by atoms with Crippen LogP contribution in [0.2, 0.25) is 5.02 Å². The number of fused-ring (bicyclic) bond motifs is 1. The van der Waals surface area contributed by atoms with Gasteiger partial charge in [0.15, 0.2) is 0 Å². The maximum absolute atomic E-state index is 11.8. The molecule has 112 valence electrons. The Hall–Kier alpha value is -2.53. The number of methoxy groups -OCH3 is 1. The predicted molar refractivity (Wildman–Crippen MR) is 82.3 cm³/mol. The molecule has 0 saturated carbocycles. The van der Waals surface area contributed by atoms with E-state index in [0.29, 0.717) is 28.5 Å². The highest BCUT2D eigenvalue weighted by molar-refractivity contribution is 6.30. The molecule has 0 unspecified atom stereocenters. The first-order valence-electron chi connectivity index (χ1n) is 6.61. The molecule has 3 aromatic rings. The topological polar surface area (TPSA) is 52.8 Å². The Bertz CT molecular complexity index is 815. The third-order valence-corrected chi connectivity index (χ3v) is 3.39. The molecule has 0 radical (unpaired) electrons. The lowest BCUT2D eigenvalue weighted by Crippen LogP contribution is -2.03. The Morgan fingerprint density at radius 1 is 1.32 bits per heavy atom. The van der Waals surface area contributed by atoms with Crippen LogP contribution in [0, 0.1) is 0 Å². The van der Waals surface area contributed by atoms with Gasteiger partial charge in [-0.05, 0) is 5.56 Å². The van der Waals surface area contributed by atoms with Crippen molar-refractivity contribution in [1.29, 1.82) is 0 Å². The fourth-order valence-corrected chi connectivity index (χ4v) is 2.35. The molecule has 0 aliphatic rings. The summed E-state index contributed by atoms with van der Waals surface area (Å²) in [5.74, 6) is 0.0103. The van der Waals surface area contributed by atoms with Crippen LogP contribution >= 0.6 is 11.6 Å². The van der Waals surface area contributed by atoms with Gasteiger partial charge < -0.3 is 9.47 Å². The van der Waals surface area contributed by atoms with Crippen molar-refractivity contribution in [3.63, 3.8) is 0 Å². The van der Waals surface area contributed by atoms with Gasteiger partial charge in [0.05, 0.1) is 18.3 Å². The number of ether oxygens (including phenoxy) is 2. The van der Waals surface area contributed by atoms with Crippen molar-refractivity contribution in [3.8, 4) is 5.75 Å². The maximum Gasteiger partial charge on any atom is 0.341 e. The molecule has 6 heteroatoms. The second-order valence-corrected chi connectivity index (χ2v) is 5.08. The normalized spacial score (nSPS) is 10.6. The van der Waals surface area contributed by atoms with Gasteiger partial charge in [0.25, 0.3) is 0 Å². The smallest absolute Gasteiger partial charge is 0.341 e. The number of nitrogens with zero attached hydrogens (tertiary/aromatic N) is 2. The molecule has 0 N–H and O–H groups in total. The van der Waals surface area contributed by atoms with Crippen molar-refractivity contribution in [1.82, 2.24) is 9.61 Å². The molecule has 0 aliphatic carbocycles. The standard InChI is InChI=1S/C16H13ClN2O3/c1-21-16(20)13-8-18-19-9-12(17)7-14(15(13)19)22-10-11-5-3-2-4-6-11/h2-9H,10H2,1H3. The zero-order valence-electron chi connectivity index (χ0n) is 11.8. The monoisotopic (exact) mass is 316 g/mol. The van der Waals surface area contributed by atoms with E-state index in [-0.39, 0.29) is 0 Å². The van der Waals surface area contributed by atoms with E-state index in [1.54, 1.807) is 12.3 Å². The van der Waals surface area contributed by atoms with Crippen LogP contribution < -0.4 is 4.74 Å². The number of hydrogen-bond donors (Lipinski definition) is 0. The van der Waals surface area contributed by atoms with Crippen molar-refractivity contribution in [2.75, 3.05) is 7.11 Å². The van der Waals surface area contributed by atoms with Gasteiger partial charge in [0.2, 0.25) is 0 Å². The third kappa shape index (κ3) is 2.76. The number of aromatic nitrogens is 2. The van der Waals surface area contributed by atoms with Gasteiger partial charge >= 0.3 is 5.97 Å². The average molecular weight is 317 g/mol. The lowest BCUT2D eigenvalue weighted by Gasteiger charge is -2.09.